The first-order valence-electron chi connectivity index (χ1n) is 5.73. The lowest BCUT2D eigenvalue weighted by atomic mass is 10.1. The summed E-state index contributed by atoms with van der Waals surface area (Å²) in [5, 5.41) is 0. The van der Waals surface area contributed by atoms with Crippen LogP contribution in [0, 0.1) is 0 Å². The molecule has 0 saturated heterocycles. The van der Waals surface area contributed by atoms with Crippen LogP contribution >= 0.6 is 0 Å². The van der Waals surface area contributed by atoms with E-state index in [1.54, 1.807) is 24.3 Å². The number of benzene rings is 1. The first-order chi connectivity index (χ1) is 9.35. The molecule has 0 fully saturated rings. The Morgan fingerprint density at radius 1 is 1.25 bits per heavy atom. The third-order valence-corrected chi connectivity index (χ3v) is 2.36. The van der Waals surface area contributed by atoms with Crippen molar-refractivity contribution >= 4 is 18.0 Å². The van der Waals surface area contributed by atoms with E-state index >= 15 is 0 Å². The number of esters is 2. The van der Waals surface area contributed by atoms with Gasteiger partial charge in [0.2, 0.25) is 0 Å². The normalized spacial score (nSPS) is 11.4. The lowest BCUT2D eigenvalue weighted by Crippen LogP contribution is -2.27. The molecule has 0 heterocycles. The summed E-state index contributed by atoms with van der Waals surface area (Å²) in [6.07, 6.45) is 1.59. The lowest BCUT2D eigenvalue weighted by molar-refractivity contribution is -0.161. The Labute approximate surface area is 115 Å². The van der Waals surface area contributed by atoms with Crippen molar-refractivity contribution in [1.29, 1.82) is 0 Å². The van der Waals surface area contributed by atoms with Crippen LogP contribution in [-0.2, 0) is 25.7 Å². The Bertz CT molecular complexity index is 506. The highest BCUT2D eigenvalue weighted by Gasteiger charge is 2.36. The van der Waals surface area contributed by atoms with Gasteiger partial charge in [0.05, 0.1) is 7.11 Å². The molecule has 0 aliphatic carbocycles. The Balaban J connectivity index is 2.70. The number of hydrogen-bond donors (Lipinski definition) is 0. The zero-order chi connectivity index (χ0) is 15.2. The third-order valence-electron chi connectivity index (χ3n) is 2.36. The smallest absolute Gasteiger partial charge is 0.381 e. The van der Waals surface area contributed by atoms with Crippen LogP contribution in [0.5, 0.6) is 0 Å². The molecule has 1 rings (SSSR count). The highest BCUT2D eigenvalue weighted by atomic mass is 19.3. The summed E-state index contributed by atoms with van der Waals surface area (Å²) in [5.74, 6) is -5.67. The summed E-state index contributed by atoms with van der Waals surface area (Å²) in [6.45, 7) is 1.42. The molecule has 0 aromatic heterocycles. The number of alkyl halides is 2. The predicted octanol–water partition coefficient (Wildman–Crippen LogP) is 2.57. The van der Waals surface area contributed by atoms with E-state index < -0.39 is 17.9 Å². The van der Waals surface area contributed by atoms with Crippen molar-refractivity contribution < 1.29 is 27.8 Å². The molecule has 4 nitrogen and oxygen atoms in total. The maximum Gasteiger partial charge on any atom is 0.381 e. The van der Waals surface area contributed by atoms with Crippen LogP contribution in [0.3, 0.4) is 0 Å². The second kappa shape index (κ2) is 6.79. The van der Waals surface area contributed by atoms with E-state index in [0.29, 0.717) is 11.6 Å². The summed E-state index contributed by atoms with van der Waals surface area (Å²) < 4.78 is 35.1. The van der Waals surface area contributed by atoms with Crippen LogP contribution in [0.1, 0.15) is 18.1 Å². The van der Waals surface area contributed by atoms with Gasteiger partial charge in [-0.2, -0.15) is 8.78 Å². The van der Waals surface area contributed by atoms with Crippen LogP contribution in [0.25, 0.3) is 6.08 Å². The van der Waals surface area contributed by atoms with Gasteiger partial charge in [-0.25, -0.2) is 4.79 Å². The molecule has 1 aromatic rings. The molecule has 0 atom stereocenters. The van der Waals surface area contributed by atoms with Crippen molar-refractivity contribution in [2.75, 3.05) is 7.11 Å². The highest BCUT2D eigenvalue weighted by Crippen LogP contribution is 2.19. The summed E-state index contributed by atoms with van der Waals surface area (Å²) in [6, 6.07) is 6.42. The molecular formula is C14H14F2O4. The number of ether oxygens (including phenoxy) is 2. The van der Waals surface area contributed by atoms with Gasteiger partial charge in [0, 0.05) is 6.92 Å². The third kappa shape index (κ3) is 4.79. The van der Waals surface area contributed by atoms with Crippen molar-refractivity contribution in [2.24, 2.45) is 0 Å². The van der Waals surface area contributed by atoms with Gasteiger partial charge in [0.1, 0.15) is 6.61 Å². The molecule has 20 heavy (non-hydrogen) atoms. The first-order valence-corrected chi connectivity index (χ1v) is 5.73. The monoisotopic (exact) mass is 284 g/mol. The number of rotatable bonds is 5. The van der Waals surface area contributed by atoms with Crippen molar-refractivity contribution in [3.8, 4) is 0 Å². The number of carbonyl (C=O) groups excluding carboxylic acids is 2. The summed E-state index contributed by atoms with van der Waals surface area (Å²) in [7, 11) is 0.897. The average Bonchev–Trinajstić information content (AvgIpc) is 2.43. The van der Waals surface area contributed by atoms with Gasteiger partial charge in [-0.1, -0.05) is 30.3 Å². The summed E-state index contributed by atoms with van der Waals surface area (Å²) in [4.78, 5) is 21.4. The summed E-state index contributed by atoms with van der Waals surface area (Å²) in [5.41, 5.74) is 1.22. The number of methoxy groups -OCH3 is 1. The van der Waals surface area contributed by atoms with E-state index in [-0.39, 0.29) is 6.61 Å². The molecule has 0 N–H and O–H groups in total. The lowest BCUT2D eigenvalue weighted by Gasteiger charge is -2.08. The maximum atomic E-state index is 13.2. The molecule has 1 aromatic carbocycles. The molecule has 0 spiro atoms. The van der Waals surface area contributed by atoms with Crippen LogP contribution < -0.4 is 0 Å². The van der Waals surface area contributed by atoms with Crippen LogP contribution in [0.15, 0.2) is 30.3 Å². The van der Waals surface area contributed by atoms with Crippen molar-refractivity contribution in [1.82, 2.24) is 0 Å². The molecule has 0 aliphatic heterocycles. The van der Waals surface area contributed by atoms with Crippen molar-refractivity contribution in [3.05, 3.63) is 41.5 Å². The minimum absolute atomic E-state index is 0.123. The molecule has 0 radical (unpaired) electrons. The zero-order valence-corrected chi connectivity index (χ0v) is 11.1. The SMILES string of the molecule is COC(=O)C(F)(F)/C=C/c1ccc(COC(C)=O)cc1. The summed E-state index contributed by atoms with van der Waals surface area (Å²) >= 11 is 0. The largest absolute Gasteiger partial charge is 0.464 e. The Kier molecular flexibility index (Phi) is 5.37. The van der Waals surface area contributed by atoms with Gasteiger partial charge < -0.3 is 9.47 Å². The van der Waals surface area contributed by atoms with Crippen molar-refractivity contribution in [3.63, 3.8) is 0 Å². The fourth-order valence-electron chi connectivity index (χ4n) is 1.31. The van der Waals surface area contributed by atoms with E-state index in [1.807, 2.05) is 0 Å². The standard InChI is InChI=1S/C14H14F2O4/c1-10(17)20-9-12-5-3-11(4-6-12)7-8-14(15,16)13(18)19-2/h3-8H,9H2,1-2H3/b8-7+. The van der Waals surface area contributed by atoms with E-state index in [9.17, 15) is 18.4 Å². The molecule has 0 amide bonds. The topological polar surface area (TPSA) is 52.6 Å². The molecule has 0 unspecified atom stereocenters. The fraction of sp³-hybridized carbons (Fsp3) is 0.286. The van der Waals surface area contributed by atoms with E-state index in [2.05, 4.69) is 4.74 Å². The van der Waals surface area contributed by atoms with Gasteiger partial charge >= 0.3 is 17.9 Å². The molecule has 0 bridgehead atoms. The van der Waals surface area contributed by atoms with Crippen LogP contribution in [-0.4, -0.2) is 25.0 Å². The highest BCUT2D eigenvalue weighted by molar-refractivity contribution is 5.81. The quantitative estimate of drug-likeness (QED) is 0.780. The molecule has 6 heteroatoms. The fourth-order valence-corrected chi connectivity index (χ4v) is 1.31. The Hall–Kier alpha value is -2.24. The maximum absolute atomic E-state index is 13.2. The Morgan fingerprint density at radius 2 is 1.85 bits per heavy atom. The minimum atomic E-state index is -3.66. The number of hydrogen-bond acceptors (Lipinski definition) is 4. The average molecular weight is 284 g/mol. The van der Waals surface area contributed by atoms with E-state index in [1.165, 1.54) is 6.92 Å². The molecule has 108 valence electrons. The van der Waals surface area contributed by atoms with Gasteiger partial charge in [-0.3, -0.25) is 4.79 Å². The van der Waals surface area contributed by atoms with E-state index in [0.717, 1.165) is 18.7 Å². The van der Waals surface area contributed by atoms with Gasteiger partial charge in [-0.15, -0.1) is 0 Å². The van der Waals surface area contributed by atoms with Crippen LogP contribution in [0.2, 0.25) is 0 Å². The predicted molar refractivity (Wildman–Crippen MR) is 67.9 cm³/mol. The molecular weight excluding hydrogens is 270 g/mol. The second-order valence-electron chi connectivity index (χ2n) is 3.97. The van der Waals surface area contributed by atoms with Gasteiger partial charge in [-0.05, 0) is 17.2 Å². The molecule has 0 saturated carbocycles. The Morgan fingerprint density at radius 3 is 2.35 bits per heavy atom. The number of carbonyl (C=O) groups is 2. The molecule has 0 aliphatic rings. The number of halogens is 2. The van der Waals surface area contributed by atoms with Crippen LogP contribution in [0.4, 0.5) is 8.78 Å². The van der Waals surface area contributed by atoms with Gasteiger partial charge in [0.25, 0.3) is 0 Å². The minimum Gasteiger partial charge on any atom is -0.464 e. The van der Waals surface area contributed by atoms with Gasteiger partial charge in [0.15, 0.2) is 0 Å². The first kappa shape index (κ1) is 15.8. The van der Waals surface area contributed by atoms with Crippen molar-refractivity contribution in [2.45, 2.75) is 19.5 Å². The van der Waals surface area contributed by atoms with E-state index in [4.69, 9.17) is 4.74 Å². The second-order valence-corrected chi connectivity index (χ2v) is 3.97. The zero-order valence-electron chi connectivity index (χ0n) is 11.1.